The van der Waals surface area contributed by atoms with E-state index in [1.807, 2.05) is 11.8 Å². The zero-order valence-electron chi connectivity index (χ0n) is 14.1. The molecule has 0 unspecified atom stereocenters. The molecule has 0 saturated carbocycles. The maximum absolute atomic E-state index is 3.64. The van der Waals surface area contributed by atoms with Crippen LogP contribution in [0.3, 0.4) is 0 Å². The van der Waals surface area contributed by atoms with Crippen molar-refractivity contribution in [3.05, 3.63) is 97.1 Å². The third kappa shape index (κ3) is 2.69. The molecular weight excluding hydrogens is 334 g/mol. The first-order valence-corrected chi connectivity index (χ1v) is 9.53. The number of nitrogens with one attached hydrogen (secondary N) is 1. The van der Waals surface area contributed by atoms with Gasteiger partial charge in [-0.3, -0.25) is 0 Å². The van der Waals surface area contributed by atoms with E-state index in [-0.39, 0.29) is 0 Å². The van der Waals surface area contributed by atoms with Gasteiger partial charge in [0.25, 0.3) is 0 Å². The van der Waals surface area contributed by atoms with Crippen LogP contribution < -0.4 is 0 Å². The van der Waals surface area contributed by atoms with Crippen LogP contribution in [0.1, 0.15) is 0 Å². The molecule has 0 saturated heterocycles. The summed E-state index contributed by atoms with van der Waals surface area (Å²) in [4.78, 5) is 6.17. The van der Waals surface area contributed by atoms with Gasteiger partial charge in [-0.05, 0) is 40.6 Å². The van der Waals surface area contributed by atoms with Crippen molar-refractivity contribution >= 4 is 33.4 Å². The lowest BCUT2D eigenvalue weighted by Crippen LogP contribution is -1.82. The second-order valence-corrected chi connectivity index (χ2v) is 7.44. The first kappa shape index (κ1) is 15.3. The Labute approximate surface area is 156 Å². The highest BCUT2D eigenvalue weighted by molar-refractivity contribution is 7.99. The van der Waals surface area contributed by atoms with Crippen LogP contribution in [-0.4, -0.2) is 4.98 Å². The van der Waals surface area contributed by atoms with Crippen LogP contribution in [0.15, 0.2) is 107 Å². The quantitative estimate of drug-likeness (QED) is 0.365. The van der Waals surface area contributed by atoms with Crippen LogP contribution in [0.5, 0.6) is 0 Å². The summed E-state index contributed by atoms with van der Waals surface area (Å²) in [6.45, 7) is 0. The zero-order chi connectivity index (χ0) is 17.3. The van der Waals surface area contributed by atoms with E-state index in [0.29, 0.717) is 0 Å². The van der Waals surface area contributed by atoms with Gasteiger partial charge < -0.3 is 4.98 Å². The van der Waals surface area contributed by atoms with E-state index < -0.39 is 0 Å². The Bertz CT molecular complexity index is 1200. The third-order valence-corrected chi connectivity index (χ3v) is 5.80. The number of hydrogen-bond donors (Lipinski definition) is 1. The lowest BCUT2D eigenvalue weighted by Gasteiger charge is -2.07. The van der Waals surface area contributed by atoms with Gasteiger partial charge in [0.1, 0.15) is 0 Å². The SMILES string of the molecule is c1ccc(Sc2c(-c3ccc4ccccc4c3)[nH]c3ccccc23)cc1. The first-order chi connectivity index (χ1) is 12.9. The van der Waals surface area contributed by atoms with E-state index in [0.717, 1.165) is 0 Å². The molecule has 0 amide bonds. The molecule has 4 aromatic carbocycles. The molecule has 124 valence electrons. The van der Waals surface area contributed by atoms with Crippen LogP contribution in [-0.2, 0) is 0 Å². The smallest absolute Gasteiger partial charge is 0.0606 e. The fraction of sp³-hybridized carbons (Fsp3) is 0. The second-order valence-electron chi connectivity index (χ2n) is 6.35. The minimum atomic E-state index is 1.18. The number of benzene rings is 4. The normalized spacial score (nSPS) is 11.2. The summed E-state index contributed by atoms with van der Waals surface area (Å²) in [6.07, 6.45) is 0. The van der Waals surface area contributed by atoms with Crippen molar-refractivity contribution in [3.63, 3.8) is 0 Å². The fourth-order valence-corrected chi connectivity index (χ4v) is 4.46. The Balaban J connectivity index is 1.72. The van der Waals surface area contributed by atoms with Crippen LogP contribution in [0.25, 0.3) is 32.9 Å². The van der Waals surface area contributed by atoms with Crippen molar-refractivity contribution < 1.29 is 0 Å². The van der Waals surface area contributed by atoms with E-state index in [4.69, 9.17) is 0 Å². The van der Waals surface area contributed by atoms with Crippen molar-refractivity contribution in [1.29, 1.82) is 0 Å². The molecule has 0 atom stereocenters. The monoisotopic (exact) mass is 351 g/mol. The summed E-state index contributed by atoms with van der Waals surface area (Å²) < 4.78 is 0. The molecule has 0 aliphatic carbocycles. The topological polar surface area (TPSA) is 15.8 Å². The number of aromatic nitrogens is 1. The number of H-pyrrole nitrogens is 1. The van der Waals surface area contributed by atoms with Crippen LogP contribution in [0, 0.1) is 0 Å². The Morgan fingerprint density at radius 3 is 2.23 bits per heavy atom. The minimum absolute atomic E-state index is 1.18. The number of hydrogen-bond acceptors (Lipinski definition) is 1. The molecule has 2 heteroatoms. The highest BCUT2D eigenvalue weighted by atomic mass is 32.2. The molecule has 0 bridgehead atoms. The van der Waals surface area contributed by atoms with Gasteiger partial charge in [-0.1, -0.05) is 84.6 Å². The van der Waals surface area contributed by atoms with Gasteiger partial charge in [0.15, 0.2) is 0 Å². The Hall–Kier alpha value is -2.97. The molecule has 0 aliphatic rings. The largest absolute Gasteiger partial charge is 0.354 e. The Kier molecular flexibility index (Phi) is 3.76. The maximum atomic E-state index is 3.64. The van der Waals surface area contributed by atoms with Crippen molar-refractivity contribution in [3.8, 4) is 11.3 Å². The first-order valence-electron chi connectivity index (χ1n) is 8.71. The molecule has 1 nitrogen and oxygen atoms in total. The van der Waals surface area contributed by atoms with E-state index in [1.165, 1.54) is 42.7 Å². The molecule has 0 fully saturated rings. The summed E-state index contributed by atoms with van der Waals surface area (Å²) in [6, 6.07) is 34.3. The maximum Gasteiger partial charge on any atom is 0.0606 e. The Morgan fingerprint density at radius 1 is 0.615 bits per heavy atom. The van der Waals surface area contributed by atoms with Crippen molar-refractivity contribution in [2.75, 3.05) is 0 Å². The molecule has 1 heterocycles. The molecule has 5 rings (SSSR count). The zero-order valence-corrected chi connectivity index (χ0v) is 15.0. The molecule has 0 spiro atoms. The summed E-state index contributed by atoms with van der Waals surface area (Å²) in [5.41, 5.74) is 3.58. The van der Waals surface area contributed by atoms with Gasteiger partial charge in [0.05, 0.1) is 5.69 Å². The van der Waals surface area contributed by atoms with Crippen molar-refractivity contribution in [1.82, 2.24) is 4.98 Å². The molecule has 1 N–H and O–H groups in total. The Morgan fingerprint density at radius 2 is 1.35 bits per heavy atom. The average Bonchev–Trinajstić information content (AvgIpc) is 3.07. The van der Waals surface area contributed by atoms with Gasteiger partial charge in [0, 0.05) is 20.7 Å². The molecule has 5 aromatic rings. The van der Waals surface area contributed by atoms with Gasteiger partial charge >= 0.3 is 0 Å². The highest BCUT2D eigenvalue weighted by Crippen LogP contribution is 2.41. The molecule has 26 heavy (non-hydrogen) atoms. The molecule has 1 aromatic heterocycles. The predicted molar refractivity (Wildman–Crippen MR) is 112 cm³/mol. The summed E-state index contributed by atoms with van der Waals surface area (Å²) in [5, 5.41) is 3.80. The van der Waals surface area contributed by atoms with E-state index >= 15 is 0 Å². The number of fused-ring (bicyclic) bond motifs is 2. The second kappa shape index (κ2) is 6.40. The van der Waals surface area contributed by atoms with E-state index in [9.17, 15) is 0 Å². The average molecular weight is 351 g/mol. The highest BCUT2D eigenvalue weighted by Gasteiger charge is 2.14. The lowest BCUT2D eigenvalue weighted by molar-refractivity contribution is 1.39. The van der Waals surface area contributed by atoms with E-state index in [1.54, 1.807) is 0 Å². The fourth-order valence-electron chi connectivity index (χ4n) is 3.38. The predicted octanol–water partition coefficient (Wildman–Crippen LogP) is 7.14. The standard InChI is InChI=1S/C24H17NS/c1-2-10-20(11-3-1)26-24-21-12-6-7-13-22(21)25-23(24)19-15-14-17-8-4-5-9-18(17)16-19/h1-16,25H. The van der Waals surface area contributed by atoms with Gasteiger partial charge in [0.2, 0.25) is 0 Å². The van der Waals surface area contributed by atoms with Crippen molar-refractivity contribution in [2.45, 2.75) is 9.79 Å². The van der Waals surface area contributed by atoms with Crippen LogP contribution in [0.2, 0.25) is 0 Å². The van der Waals surface area contributed by atoms with Gasteiger partial charge in [-0.2, -0.15) is 0 Å². The third-order valence-electron chi connectivity index (χ3n) is 4.66. The van der Waals surface area contributed by atoms with Gasteiger partial charge in [-0.15, -0.1) is 0 Å². The van der Waals surface area contributed by atoms with Gasteiger partial charge in [-0.25, -0.2) is 0 Å². The minimum Gasteiger partial charge on any atom is -0.354 e. The molecular formula is C24H17NS. The molecule has 0 radical (unpaired) electrons. The number of rotatable bonds is 3. The lowest BCUT2D eigenvalue weighted by atomic mass is 10.1. The summed E-state index contributed by atoms with van der Waals surface area (Å²) in [7, 11) is 0. The molecule has 0 aliphatic heterocycles. The summed E-state index contributed by atoms with van der Waals surface area (Å²) in [5.74, 6) is 0. The van der Waals surface area contributed by atoms with Crippen LogP contribution >= 0.6 is 11.8 Å². The van der Waals surface area contributed by atoms with Crippen LogP contribution in [0.4, 0.5) is 0 Å². The summed E-state index contributed by atoms with van der Waals surface area (Å²) >= 11 is 1.82. The van der Waals surface area contributed by atoms with E-state index in [2.05, 4.69) is 102 Å². The van der Waals surface area contributed by atoms with Crippen molar-refractivity contribution in [2.24, 2.45) is 0 Å². The number of para-hydroxylation sites is 1. The number of aromatic amines is 1.